The van der Waals surface area contributed by atoms with Gasteiger partial charge in [-0.2, -0.15) is 0 Å². The summed E-state index contributed by atoms with van der Waals surface area (Å²) in [5, 5.41) is 17.0. The zero-order chi connectivity index (χ0) is 12.3. The third-order valence-electron chi connectivity index (χ3n) is 1.19. The fourth-order valence-electron chi connectivity index (χ4n) is 0.551. The molecular formula is C10H22O5. The Morgan fingerprint density at radius 1 is 1.20 bits per heavy atom. The normalized spacial score (nSPS) is 13.5. The topological polar surface area (TPSA) is 76.0 Å². The third-order valence-corrected chi connectivity index (χ3v) is 1.19. The van der Waals surface area contributed by atoms with Gasteiger partial charge in [0.1, 0.15) is 6.10 Å². The molecule has 0 aliphatic heterocycles. The predicted octanol–water partition coefficient (Wildman–Crippen LogP) is 0.334. The highest BCUT2D eigenvalue weighted by molar-refractivity contribution is 5.73. The predicted molar refractivity (Wildman–Crippen MR) is 56.5 cm³/mol. The lowest BCUT2D eigenvalue weighted by Crippen LogP contribution is -2.18. The standard InChI is InChI=1S/C5H10O3.C5H12O2/c1-3-8-5(7)4(2)6;1-3-7-4-5(2)6/h4,6H,3H2,1-2H3;5-6H,3-4H2,1-2H3. The molecule has 0 saturated carbocycles. The maximum absolute atomic E-state index is 10.3. The second-order valence-corrected chi connectivity index (χ2v) is 2.94. The van der Waals surface area contributed by atoms with Gasteiger partial charge in [0.05, 0.1) is 19.3 Å². The van der Waals surface area contributed by atoms with E-state index in [0.717, 1.165) is 0 Å². The highest BCUT2D eigenvalue weighted by Crippen LogP contribution is 1.84. The number of esters is 1. The number of aliphatic hydroxyl groups excluding tert-OH is 2. The van der Waals surface area contributed by atoms with Gasteiger partial charge in [-0.05, 0) is 27.7 Å². The molecule has 5 nitrogen and oxygen atoms in total. The van der Waals surface area contributed by atoms with Crippen LogP contribution in [0, 0.1) is 0 Å². The van der Waals surface area contributed by atoms with Crippen LogP contribution < -0.4 is 0 Å². The van der Waals surface area contributed by atoms with Crippen LogP contribution in [-0.2, 0) is 14.3 Å². The van der Waals surface area contributed by atoms with Crippen LogP contribution in [0.25, 0.3) is 0 Å². The first-order valence-electron chi connectivity index (χ1n) is 5.06. The lowest BCUT2D eigenvalue weighted by atomic mass is 10.4. The minimum atomic E-state index is -0.991. The molecule has 2 atom stereocenters. The Morgan fingerprint density at radius 2 is 1.73 bits per heavy atom. The zero-order valence-electron chi connectivity index (χ0n) is 9.90. The van der Waals surface area contributed by atoms with Crippen molar-refractivity contribution in [3.05, 3.63) is 0 Å². The van der Waals surface area contributed by atoms with Crippen molar-refractivity contribution >= 4 is 5.97 Å². The summed E-state index contributed by atoms with van der Waals surface area (Å²) in [6.45, 7) is 8.14. The van der Waals surface area contributed by atoms with Crippen LogP contribution in [0.4, 0.5) is 0 Å². The molecule has 0 bridgehead atoms. The first kappa shape index (κ1) is 16.8. The van der Waals surface area contributed by atoms with Gasteiger partial charge >= 0.3 is 5.97 Å². The zero-order valence-corrected chi connectivity index (χ0v) is 9.90. The second-order valence-electron chi connectivity index (χ2n) is 2.94. The highest BCUT2D eigenvalue weighted by Gasteiger charge is 2.07. The van der Waals surface area contributed by atoms with Crippen molar-refractivity contribution < 1.29 is 24.5 Å². The van der Waals surface area contributed by atoms with E-state index < -0.39 is 12.1 Å². The fourth-order valence-corrected chi connectivity index (χ4v) is 0.551. The van der Waals surface area contributed by atoms with Crippen LogP contribution in [0.15, 0.2) is 0 Å². The van der Waals surface area contributed by atoms with Gasteiger partial charge in [0, 0.05) is 6.61 Å². The summed E-state index contributed by atoms with van der Waals surface area (Å²) < 4.78 is 9.26. The van der Waals surface area contributed by atoms with Gasteiger partial charge < -0.3 is 19.7 Å². The van der Waals surface area contributed by atoms with E-state index in [2.05, 4.69) is 4.74 Å². The van der Waals surface area contributed by atoms with Crippen LogP contribution in [0.3, 0.4) is 0 Å². The maximum Gasteiger partial charge on any atom is 0.334 e. The third kappa shape index (κ3) is 16.1. The average molecular weight is 222 g/mol. The second kappa shape index (κ2) is 11.4. The summed E-state index contributed by atoms with van der Waals surface area (Å²) in [7, 11) is 0. The molecule has 0 aromatic heterocycles. The van der Waals surface area contributed by atoms with E-state index in [0.29, 0.717) is 19.8 Å². The Labute approximate surface area is 91.0 Å². The van der Waals surface area contributed by atoms with E-state index in [4.69, 9.17) is 14.9 Å². The Morgan fingerprint density at radius 3 is 1.87 bits per heavy atom. The van der Waals surface area contributed by atoms with Gasteiger partial charge in [-0.3, -0.25) is 0 Å². The van der Waals surface area contributed by atoms with Crippen molar-refractivity contribution in [1.29, 1.82) is 0 Å². The van der Waals surface area contributed by atoms with Gasteiger partial charge in [0.25, 0.3) is 0 Å². The van der Waals surface area contributed by atoms with Crippen molar-refractivity contribution in [2.24, 2.45) is 0 Å². The van der Waals surface area contributed by atoms with Gasteiger partial charge in [0.2, 0.25) is 0 Å². The Balaban J connectivity index is 0. The van der Waals surface area contributed by atoms with E-state index in [9.17, 15) is 4.79 Å². The molecule has 5 heteroatoms. The van der Waals surface area contributed by atoms with Crippen LogP contribution >= 0.6 is 0 Å². The number of hydrogen-bond acceptors (Lipinski definition) is 5. The minimum absolute atomic E-state index is 0.319. The van der Waals surface area contributed by atoms with Crippen LogP contribution in [0.5, 0.6) is 0 Å². The van der Waals surface area contributed by atoms with E-state index in [-0.39, 0.29) is 6.10 Å². The molecule has 2 N–H and O–H groups in total. The quantitative estimate of drug-likeness (QED) is 0.656. The maximum atomic E-state index is 10.3. The molecule has 0 aliphatic carbocycles. The molecule has 0 aliphatic rings. The molecule has 0 radical (unpaired) electrons. The number of carbonyl (C=O) groups is 1. The van der Waals surface area contributed by atoms with E-state index in [1.54, 1.807) is 13.8 Å². The Kier molecular flexibility index (Phi) is 12.8. The molecule has 0 aromatic rings. The van der Waals surface area contributed by atoms with Crippen LogP contribution in [-0.4, -0.2) is 48.2 Å². The van der Waals surface area contributed by atoms with Gasteiger partial charge in [-0.1, -0.05) is 0 Å². The van der Waals surface area contributed by atoms with Crippen molar-refractivity contribution in [3.8, 4) is 0 Å². The smallest absolute Gasteiger partial charge is 0.334 e. The highest BCUT2D eigenvalue weighted by atomic mass is 16.5. The molecule has 2 unspecified atom stereocenters. The molecule has 15 heavy (non-hydrogen) atoms. The first-order chi connectivity index (χ1) is 6.95. The SMILES string of the molecule is CCOC(=O)C(C)O.CCOCC(C)O. The molecule has 0 fully saturated rings. The van der Waals surface area contributed by atoms with E-state index >= 15 is 0 Å². The number of rotatable bonds is 5. The number of hydrogen-bond donors (Lipinski definition) is 2. The van der Waals surface area contributed by atoms with Crippen molar-refractivity contribution in [2.75, 3.05) is 19.8 Å². The number of ether oxygens (including phenoxy) is 2. The van der Waals surface area contributed by atoms with E-state index in [1.807, 2.05) is 6.92 Å². The summed E-state index contributed by atoms with van der Waals surface area (Å²) in [5.74, 6) is -0.562. The molecule has 0 rings (SSSR count). The number of carbonyl (C=O) groups excluding carboxylic acids is 1. The lowest BCUT2D eigenvalue weighted by molar-refractivity contribution is -0.151. The molecule has 0 amide bonds. The van der Waals surface area contributed by atoms with Gasteiger partial charge in [-0.15, -0.1) is 0 Å². The molecular weight excluding hydrogens is 200 g/mol. The van der Waals surface area contributed by atoms with Crippen LogP contribution in [0.1, 0.15) is 27.7 Å². The summed E-state index contributed by atoms with van der Waals surface area (Å²) in [6.07, 6.45) is -1.31. The first-order valence-corrected chi connectivity index (χ1v) is 5.06. The molecule has 0 saturated heterocycles. The Hall–Kier alpha value is -0.650. The summed E-state index contributed by atoms with van der Waals surface area (Å²) in [5.41, 5.74) is 0. The minimum Gasteiger partial charge on any atom is -0.464 e. The van der Waals surface area contributed by atoms with Crippen molar-refractivity contribution in [3.63, 3.8) is 0 Å². The van der Waals surface area contributed by atoms with Crippen molar-refractivity contribution in [2.45, 2.75) is 39.9 Å². The van der Waals surface area contributed by atoms with Crippen LogP contribution in [0.2, 0.25) is 0 Å². The Bertz CT molecular complexity index is 145. The number of aliphatic hydroxyl groups is 2. The summed E-state index contributed by atoms with van der Waals surface area (Å²) in [6, 6.07) is 0. The summed E-state index contributed by atoms with van der Waals surface area (Å²) in [4.78, 5) is 10.3. The van der Waals surface area contributed by atoms with Gasteiger partial charge in [0.15, 0.2) is 0 Å². The molecule has 92 valence electrons. The average Bonchev–Trinajstić information content (AvgIpc) is 2.16. The van der Waals surface area contributed by atoms with Gasteiger partial charge in [-0.25, -0.2) is 4.79 Å². The largest absolute Gasteiger partial charge is 0.464 e. The summed E-state index contributed by atoms with van der Waals surface area (Å²) >= 11 is 0. The molecule has 0 aromatic carbocycles. The molecule has 0 spiro atoms. The van der Waals surface area contributed by atoms with Crippen molar-refractivity contribution in [1.82, 2.24) is 0 Å². The lowest BCUT2D eigenvalue weighted by Gasteiger charge is -2.01. The fraction of sp³-hybridized carbons (Fsp3) is 0.900. The van der Waals surface area contributed by atoms with E-state index in [1.165, 1.54) is 6.92 Å². The molecule has 0 heterocycles. The monoisotopic (exact) mass is 222 g/mol.